The van der Waals surface area contributed by atoms with E-state index >= 15 is 0 Å². The molecule has 0 spiro atoms. The maximum absolute atomic E-state index is 14.0. The van der Waals surface area contributed by atoms with Gasteiger partial charge in [-0.15, -0.1) is 0 Å². The minimum Gasteiger partial charge on any atom is -0.488 e. The van der Waals surface area contributed by atoms with Gasteiger partial charge in [0.25, 0.3) is 5.89 Å². The van der Waals surface area contributed by atoms with Gasteiger partial charge in [0, 0.05) is 274 Å². The number of nitrogens with zero attached hydrogens (tertiary/aromatic N) is 3. The van der Waals surface area contributed by atoms with E-state index in [0.29, 0.717) is 5.39 Å². The van der Waals surface area contributed by atoms with Gasteiger partial charge >= 0.3 is 29.8 Å². The first-order chi connectivity index (χ1) is 21.8. The molecule has 5 N–H and O–H groups in total. The number of benzene rings is 2. The average molecular weight is 841 g/mol. The van der Waals surface area contributed by atoms with Crippen LogP contribution in [0.2, 0.25) is 0 Å². The fourth-order valence-electron chi connectivity index (χ4n) is 4.28. The number of oxazole rings is 1. The first-order valence-corrected chi connectivity index (χ1v) is 13.0. The number of carboxylic acid groups (broad SMARTS) is 5. The van der Waals surface area contributed by atoms with Crippen LogP contribution in [0.1, 0.15) is 10.6 Å². The molecule has 0 saturated carbocycles. The second kappa shape index (κ2) is 26.7. The zero-order valence-electron chi connectivity index (χ0n) is 28.4. The molecule has 51 heavy (non-hydrogen) atoms. The summed E-state index contributed by atoms with van der Waals surface area (Å²) in [5.41, 5.74) is -0.0322. The van der Waals surface area contributed by atoms with E-state index in [1.165, 1.54) is 24.3 Å². The molecule has 4 aromatic rings. The van der Waals surface area contributed by atoms with Crippen molar-refractivity contribution >= 4 is 309 Å². The van der Waals surface area contributed by atoms with E-state index in [0.717, 1.165) is 28.1 Å². The Labute approximate surface area is 500 Å². The third-order valence-corrected chi connectivity index (χ3v) is 6.03. The van der Waals surface area contributed by atoms with Crippen LogP contribution in [-0.4, -0.2) is 357 Å². The summed E-state index contributed by atoms with van der Waals surface area (Å²) in [7, 11) is 0. The van der Waals surface area contributed by atoms with Gasteiger partial charge in [0.15, 0.2) is 5.76 Å². The molecule has 0 amide bonds. The third kappa shape index (κ3) is 17.1. The van der Waals surface area contributed by atoms with Gasteiger partial charge in [0.1, 0.15) is 62.3 Å². The predicted octanol–water partition coefficient (Wildman–Crippen LogP) is 0.430. The Morgan fingerprint density at radius 3 is 1.63 bits per heavy atom. The number of furan rings is 1. The van der Waals surface area contributed by atoms with Crippen molar-refractivity contribution in [2.75, 3.05) is 49.2 Å². The van der Waals surface area contributed by atoms with Crippen molar-refractivity contribution in [3.05, 3.63) is 54.2 Å². The molecule has 0 atom stereocenters. The van der Waals surface area contributed by atoms with Crippen molar-refractivity contribution < 1.29 is 72.2 Å². The zero-order valence-corrected chi connectivity index (χ0v) is 44.0. The van der Waals surface area contributed by atoms with E-state index in [2.05, 4.69) is 4.98 Å². The van der Waals surface area contributed by atoms with E-state index in [1.807, 2.05) is 0 Å². The predicted molar refractivity (Wildman–Crippen MR) is 180 cm³/mol. The van der Waals surface area contributed by atoms with E-state index in [9.17, 15) is 48.8 Å². The summed E-state index contributed by atoms with van der Waals surface area (Å²) in [5.74, 6) is -8.29. The van der Waals surface area contributed by atoms with E-state index in [1.54, 1.807) is 0 Å². The number of hydrogen-bond donors (Lipinski definition) is 5. The van der Waals surface area contributed by atoms with Crippen LogP contribution in [0.4, 0.5) is 15.8 Å². The molecular weight excluding hydrogens is 817 g/mol. The first-order valence-electron chi connectivity index (χ1n) is 13.0. The van der Waals surface area contributed by atoms with Crippen molar-refractivity contribution in [3.8, 4) is 23.1 Å². The van der Waals surface area contributed by atoms with Gasteiger partial charge in [-0.2, -0.15) is 0 Å². The second-order valence-electron chi connectivity index (χ2n) is 9.40. The van der Waals surface area contributed by atoms with E-state index in [4.69, 9.17) is 23.4 Å². The quantitative estimate of drug-likeness (QED) is 0.0714. The van der Waals surface area contributed by atoms with Gasteiger partial charge in [-0.25, -0.2) is 14.2 Å². The van der Waals surface area contributed by atoms with Crippen molar-refractivity contribution in [2.24, 2.45) is 0 Å². The van der Waals surface area contributed by atoms with Crippen molar-refractivity contribution in [3.63, 3.8) is 0 Å². The molecule has 4 rings (SSSR count). The number of anilines is 2. The summed E-state index contributed by atoms with van der Waals surface area (Å²) in [6.45, 7) is -3.58. The largest absolute Gasteiger partial charge is 0.488 e. The number of ether oxygens (including phenoxy) is 2. The van der Waals surface area contributed by atoms with Crippen LogP contribution in [0.15, 0.2) is 51.4 Å². The average Bonchev–Trinajstić information content (AvgIpc) is 3.61. The molecule has 0 saturated heterocycles. The van der Waals surface area contributed by atoms with Gasteiger partial charge in [0.05, 0.1) is 17.6 Å². The van der Waals surface area contributed by atoms with E-state index in [-0.39, 0.29) is 310 Å². The maximum Gasteiger partial charge on any atom is 0.373 e. The van der Waals surface area contributed by atoms with Crippen LogP contribution >= 0.6 is 0 Å². The number of carboxylic acids is 5. The molecule has 2 aromatic carbocycles. The number of halogens is 1. The van der Waals surface area contributed by atoms with Crippen LogP contribution in [0.25, 0.3) is 22.6 Å². The molecule has 0 fully saturated rings. The number of fused-ring (bicyclic) bond motifs is 1. The Balaban J connectivity index is 0. The summed E-state index contributed by atoms with van der Waals surface area (Å²) < 4.78 is 36.4. The number of aromatic nitrogens is 1. The normalized spacial score (nSPS) is 9.75. The van der Waals surface area contributed by atoms with Crippen LogP contribution in [0, 0.1) is 5.82 Å². The summed E-state index contributed by atoms with van der Waals surface area (Å²) in [6.07, 6.45) is 0.974. The van der Waals surface area contributed by atoms with E-state index < -0.39 is 67.6 Å². The summed E-state index contributed by atoms with van der Waals surface area (Å²) in [5, 5.41) is 46.7. The molecule has 2 heterocycles. The molecule has 247 valence electrons. The number of rotatable bonds is 17. The smallest absolute Gasteiger partial charge is 0.373 e. The number of aromatic carboxylic acids is 1. The molecule has 0 aliphatic rings. The van der Waals surface area contributed by atoms with Crippen LogP contribution in [0.3, 0.4) is 0 Å². The third-order valence-electron chi connectivity index (χ3n) is 6.03. The van der Waals surface area contributed by atoms with Gasteiger partial charge in [-0.05, 0) is 24.3 Å². The fourth-order valence-corrected chi connectivity index (χ4v) is 4.28. The number of aliphatic carboxylic acids is 4. The Kier molecular flexibility index (Phi) is 28.8. The van der Waals surface area contributed by atoms with Crippen LogP contribution < -0.4 is 19.3 Å². The summed E-state index contributed by atoms with van der Waals surface area (Å²) in [4.78, 5) is 62.6. The van der Waals surface area contributed by atoms with Crippen LogP contribution in [0.5, 0.6) is 11.5 Å². The summed E-state index contributed by atoms with van der Waals surface area (Å²) >= 11 is 0. The molecule has 0 aliphatic heterocycles. The molecule has 2 aromatic heterocycles. The van der Waals surface area contributed by atoms with Gasteiger partial charge in [-0.3, -0.25) is 19.2 Å². The van der Waals surface area contributed by atoms with Crippen molar-refractivity contribution in [1.82, 2.24) is 4.98 Å². The Hall–Kier alpha value is 1.85. The monoisotopic (exact) mass is 840 g/mol. The summed E-state index contributed by atoms with van der Waals surface area (Å²) in [6, 6.07) is 7.25. The minimum absolute atomic E-state index is 0. The van der Waals surface area contributed by atoms with Gasteiger partial charge in [0.2, 0.25) is 5.76 Å². The Bertz CT molecular complexity index is 1790. The SMILES string of the molecule is O=C(O)CN(CC(=O)O)c1cc(F)ccc1OCCOc1cc2cc(-c3ncc(C(=O)O)o3)oc2cc1N(CC(=O)O)CC(=O)O.[K].[K].[K].[K].[K]. The van der Waals surface area contributed by atoms with Crippen LogP contribution in [-0.2, 0) is 19.2 Å². The molecule has 0 unspecified atom stereocenters. The first kappa shape index (κ1) is 55.0. The van der Waals surface area contributed by atoms with Gasteiger partial charge in [-0.1, -0.05) is 0 Å². The molecule has 23 heteroatoms. The second-order valence-corrected chi connectivity index (χ2v) is 9.40. The fraction of sp³-hybridized carbons (Fsp3) is 0.214. The van der Waals surface area contributed by atoms with Crippen molar-refractivity contribution in [2.45, 2.75) is 0 Å². The molecule has 0 aliphatic carbocycles. The molecule has 17 nitrogen and oxygen atoms in total. The molecule has 5 radical (unpaired) electrons. The van der Waals surface area contributed by atoms with Crippen molar-refractivity contribution in [1.29, 1.82) is 0 Å². The standard InChI is InChI=1S/C28H24FN3O14.5K/c29-15-1-2-18(16(7-15)31(10-23(33)34)11-24(35)36)43-3-4-44-20-5-14-6-21(27-30-9-22(46-27)28(41)42)45-19(14)8-17(20)32(12-25(37)38)13-26(39)40;;;;;/h1-2,5-9H,3-4,10-13H2,(H,33,34)(H,35,36)(H,37,38)(H,39,40)(H,41,42);;;;;. The zero-order chi connectivity index (χ0) is 33.5. The minimum atomic E-state index is -1.37. The number of hydrogen-bond acceptors (Lipinski definition) is 12. The Morgan fingerprint density at radius 1 is 0.667 bits per heavy atom. The molecular formula is C28H24FK5N3O14. The maximum atomic E-state index is 14.0. The van der Waals surface area contributed by atoms with Gasteiger partial charge < -0.3 is 53.6 Å². The topological polar surface area (TPSA) is 251 Å². The molecule has 0 bridgehead atoms. The number of carbonyl (C=O) groups is 5. The Morgan fingerprint density at radius 2 is 1.16 bits per heavy atom.